The molecule has 2 fully saturated rings. The molecule has 0 aromatic heterocycles. The molecule has 12 heavy (non-hydrogen) atoms. The van der Waals surface area contributed by atoms with Crippen LogP contribution >= 0.6 is 0 Å². The van der Waals surface area contributed by atoms with Gasteiger partial charge in [0, 0.05) is 0 Å². The van der Waals surface area contributed by atoms with E-state index in [1.165, 1.54) is 24.8 Å². The van der Waals surface area contributed by atoms with Gasteiger partial charge in [-0.1, -0.05) is 32.1 Å². The van der Waals surface area contributed by atoms with Gasteiger partial charge in [-0.3, -0.25) is 0 Å². The SMILES string of the molecule is C=CC12CCC(C1)C(=C)C2(C)C. The third-order valence-electron chi connectivity index (χ3n) is 4.48. The van der Waals surface area contributed by atoms with Gasteiger partial charge in [0.15, 0.2) is 0 Å². The molecule has 2 bridgehead atoms. The minimum atomic E-state index is 0.303. The standard InChI is InChI=1S/C12H18/c1-5-12-7-6-10(8-12)9(2)11(12,3)4/h5,10H,1-2,6-8H2,3-4H3. The highest BCUT2D eigenvalue weighted by atomic mass is 14.6. The first kappa shape index (κ1) is 8.10. The number of hydrogen-bond acceptors (Lipinski definition) is 0. The van der Waals surface area contributed by atoms with Gasteiger partial charge in [0.05, 0.1) is 0 Å². The van der Waals surface area contributed by atoms with Gasteiger partial charge in [-0.2, -0.15) is 0 Å². The van der Waals surface area contributed by atoms with E-state index in [1.54, 1.807) is 0 Å². The lowest BCUT2D eigenvalue weighted by atomic mass is 9.63. The van der Waals surface area contributed by atoms with E-state index in [0.717, 1.165) is 5.92 Å². The van der Waals surface area contributed by atoms with Crippen molar-refractivity contribution in [3.05, 3.63) is 24.8 Å². The Bertz CT molecular complexity index is 247. The van der Waals surface area contributed by atoms with Crippen molar-refractivity contribution in [1.82, 2.24) is 0 Å². The summed E-state index contributed by atoms with van der Waals surface area (Å²) in [7, 11) is 0. The molecule has 0 aromatic rings. The van der Waals surface area contributed by atoms with Gasteiger partial charge in [0.1, 0.15) is 0 Å². The summed E-state index contributed by atoms with van der Waals surface area (Å²) in [6.07, 6.45) is 6.16. The monoisotopic (exact) mass is 162 g/mol. The van der Waals surface area contributed by atoms with Crippen molar-refractivity contribution in [2.24, 2.45) is 16.7 Å². The molecule has 0 N–H and O–H groups in total. The average Bonchev–Trinajstić information content (AvgIpc) is 2.53. The summed E-state index contributed by atoms with van der Waals surface area (Å²) in [6, 6.07) is 0. The molecule has 0 aliphatic heterocycles. The molecule has 2 unspecified atom stereocenters. The van der Waals surface area contributed by atoms with E-state index in [1.807, 2.05) is 0 Å². The van der Waals surface area contributed by atoms with Gasteiger partial charge >= 0.3 is 0 Å². The van der Waals surface area contributed by atoms with E-state index in [9.17, 15) is 0 Å². The van der Waals surface area contributed by atoms with Crippen molar-refractivity contribution in [2.45, 2.75) is 33.1 Å². The summed E-state index contributed by atoms with van der Waals surface area (Å²) in [5.74, 6) is 0.790. The quantitative estimate of drug-likeness (QED) is 0.517. The zero-order chi connectivity index (χ0) is 8.98. The molecule has 0 heterocycles. The molecule has 2 atom stereocenters. The lowest BCUT2D eigenvalue weighted by molar-refractivity contribution is 0.196. The average molecular weight is 162 g/mol. The molecule has 0 aromatic carbocycles. The molecular weight excluding hydrogens is 144 g/mol. The molecule has 0 amide bonds. The minimum absolute atomic E-state index is 0.303. The smallest absolute Gasteiger partial charge is 0.00267 e. The molecule has 2 saturated carbocycles. The van der Waals surface area contributed by atoms with E-state index >= 15 is 0 Å². The number of rotatable bonds is 1. The first-order valence-electron chi connectivity index (χ1n) is 4.86. The second kappa shape index (κ2) is 2.04. The Balaban J connectivity index is 2.48. The van der Waals surface area contributed by atoms with E-state index in [-0.39, 0.29) is 0 Å². The molecule has 0 saturated heterocycles. The lowest BCUT2D eigenvalue weighted by Gasteiger charge is -2.41. The fourth-order valence-electron chi connectivity index (χ4n) is 3.21. The molecule has 2 aliphatic carbocycles. The zero-order valence-corrected chi connectivity index (χ0v) is 8.19. The van der Waals surface area contributed by atoms with E-state index in [4.69, 9.17) is 0 Å². The summed E-state index contributed by atoms with van der Waals surface area (Å²) < 4.78 is 0. The fourth-order valence-corrected chi connectivity index (χ4v) is 3.21. The second-order valence-electron chi connectivity index (χ2n) is 4.95. The third kappa shape index (κ3) is 0.646. The highest BCUT2D eigenvalue weighted by Gasteiger charge is 2.57. The normalized spacial score (nSPS) is 43.5. The van der Waals surface area contributed by atoms with Crippen LogP contribution in [0.4, 0.5) is 0 Å². The first-order valence-corrected chi connectivity index (χ1v) is 4.86. The third-order valence-corrected chi connectivity index (χ3v) is 4.48. The molecule has 2 aliphatic rings. The van der Waals surface area contributed by atoms with Crippen LogP contribution < -0.4 is 0 Å². The number of hydrogen-bond donors (Lipinski definition) is 0. The van der Waals surface area contributed by atoms with E-state index in [2.05, 4.69) is 33.1 Å². The summed E-state index contributed by atoms with van der Waals surface area (Å²) >= 11 is 0. The molecule has 0 heteroatoms. The molecule has 2 rings (SSSR count). The van der Waals surface area contributed by atoms with Gasteiger partial charge in [0.25, 0.3) is 0 Å². The number of fused-ring (bicyclic) bond motifs is 2. The Hall–Kier alpha value is -0.520. The Morgan fingerprint density at radius 3 is 2.50 bits per heavy atom. The van der Waals surface area contributed by atoms with Crippen LogP contribution in [0.1, 0.15) is 33.1 Å². The Morgan fingerprint density at radius 1 is 1.50 bits per heavy atom. The van der Waals surface area contributed by atoms with Gasteiger partial charge < -0.3 is 0 Å². The van der Waals surface area contributed by atoms with Gasteiger partial charge in [0.2, 0.25) is 0 Å². The Morgan fingerprint density at radius 2 is 2.17 bits per heavy atom. The van der Waals surface area contributed by atoms with Gasteiger partial charge in [-0.25, -0.2) is 0 Å². The van der Waals surface area contributed by atoms with Crippen LogP contribution in [0.3, 0.4) is 0 Å². The first-order chi connectivity index (χ1) is 5.53. The maximum Gasteiger partial charge on any atom is -0.00267 e. The van der Waals surface area contributed by atoms with E-state index < -0.39 is 0 Å². The maximum absolute atomic E-state index is 4.23. The van der Waals surface area contributed by atoms with Crippen LogP contribution in [0.2, 0.25) is 0 Å². The van der Waals surface area contributed by atoms with Crippen molar-refractivity contribution in [3.63, 3.8) is 0 Å². The molecular formula is C12H18. The molecule has 0 radical (unpaired) electrons. The second-order valence-corrected chi connectivity index (χ2v) is 4.95. The maximum atomic E-state index is 4.23. The van der Waals surface area contributed by atoms with Crippen molar-refractivity contribution in [3.8, 4) is 0 Å². The van der Waals surface area contributed by atoms with Crippen molar-refractivity contribution in [1.29, 1.82) is 0 Å². The highest BCUT2D eigenvalue weighted by Crippen LogP contribution is 2.66. The zero-order valence-electron chi connectivity index (χ0n) is 8.19. The topological polar surface area (TPSA) is 0 Å². The summed E-state index contributed by atoms with van der Waals surface area (Å²) in [4.78, 5) is 0. The van der Waals surface area contributed by atoms with Crippen LogP contribution in [-0.2, 0) is 0 Å². The van der Waals surface area contributed by atoms with Crippen LogP contribution in [0.15, 0.2) is 24.8 Å². The number of allylic oxidation sites excluding steroid dienone is 2. The van der Waals surface area contributed by atoms with Crippen LogP contribution in [0.25, 0.3) is 0 Å². The predicted octanol–water partition coefficient (Wildman–Crippen LogP) is 3.55. The largest absolute Gasteiger partial charge is 0.102 e. The van der Waals surface area contributed by atoms with Gasteiger partial charge in [-0.15, -0.1) is 6.58 Å². The summed E-state index contributed by atoms with van der Waals surface area (Å²) in [5, 5.41) is 0. The molecule has 0 spiro atoms. The van der Waals surface area contributed by atoms with E-state index in [0.29, 0.717) is 10.8 Å². The summed E-state index contributed by atoms with van der Waals surface area (Å²) in [6.45, 7) is 12.9. The molecule has 66 valence electrons. The summed E-state index contributed by atoms with van der Waals surface area (Å²) in [5.41, 5.74) is 2.15. The van der Waals surface area contributed by atoms with Crippen LogP contribution in [-0.4, -0.2) is 0 Å². The van der Waals surface area contributed by atoms with Crippen molar-refractivity contribution < 1.29 is 0 Å². The Labute approximate surface area is 75.4 Å². The molecule has 0 nitrogen and oxygen atoms in total. The van der Waals surface area contributed by atoms with Crippen molar-refractivity contribution in [2.75, 3.05) is 0 Å². The predicted molar refractivity (Wildman–Crippen MR) is 52.9 cm³/mol. The fraction of sp³-hybridized carbons (Fsp3) is 0.667. The lowest BCUT2D eigenvalue weighted by Crippen LogP contribution is -2.32. The van der Waals surface area contributed by atoms with Crippen molar-refractivity contribution >= 4 is 0 Å². The van der Waals surface area contributed by atoms with Crippen LogP contribution in [0, 0.1) is 16.7 Å². The van der Waals surface area contributed by atoms with Gasteiger partial charge in [-0.05, 0) is 36.0 Å². The Kier molecular flexibility index (Phi) is 1.38. The van der Waals surface area contributed by atoms with Crippen LogP contribution in [0.5, 0.6) is 0 Å². The highest BCUT2D eigenvalue weighted by molar-refractivity contribution is 5.31. The minimum Gasteiger partial charge on any atom is -0.102 e.